The summed E-state index contributed by atoms with van der Waals surface area (Å²) in [4.78, 5) is 17.4. The second kappa shape index (κ2) is 7.05. The largest absolute Gasteiger partial charge is 0.399 e. The molecule has 0 bridgehead atoms. The molecular weight excluding hydrogens is 270 g/mol. The molecule has 1 aromatic heterocycles. The SMILES string of the molecule is CCc1cnc(CCNC(=O)Cc2ccc(N)cc2)s1. The quantitative estimate of drug-likeness (QED) is 0.801. The average molecular weight is 289 g/mol. The Hall–Kier alpha value is -1.88. The normalized spacial score (nSPS) is 10.4. The van der Waals surface area contributed by atoms with Crippen LogP contribution in [0.5, 0.6) is 0 Å². The number of rotatable bonds is 6. The number of nitrogen functional groups attached to an aromatic ring is 1. The van der Waals surface area contributed by atoms with Gasteiger partial charge in [-0.2, -0.15) is 0 Å². The lowest BCUT2D eigenvalue weighted by Gasteiger charge is -2.04. The predicted octanol–water partition coefficient (Wildman–Crippen LogP) is 2.19. The van der Waals surface area contributed by atoms with Crippen molar-refractivity contribution >= 4 is 22.9 Å². The molecule has 0 saturated carbocycles. The number of anilines is 1. The van der Waals surface area contributed by atoms with Gasteiger partial charge < -0.3 is 11.1 Å². The molecule has 4 nitrogen and oxygen atoms in total. The molecule has 20 heavy (non-hydrogen) atoms. The molecule has 0 aliphatic heterocycles. The molecule has 0 aliphatic carbocycles. The summed E-state index contributed by atoms with van der Waals surface area (Å²) in [7, 11) is 0. The number of nitrogens with one attached hydrogen (secondary N) is 1. The Labute approximate surface area is 123 Å². The smallest absolute Gasteiger partial charge is 0.224 e. The van der Waals surface area contributed by atoms with Crippen molar-refractivity contribution in [3.05, 3.63) is 45.9 Å². The number of aromatic nitrogens is 1. The molecule has 2 aromatic rings. The maximum atomic E-state index is 11.8. The number of thiazole rings is 1. The number of aryl methyl sites for hydroxylation is 1. The summed E-state index contributed by atoms with van der Waals surface area (Å²) in [6.07, 6.45) is 4.11. The van der Waals surface area contributed by atoms with Crippen LogP contribution < -0.4 is 11.1 Å². The first-order valence-corrected chi connectivity index (χ1v) is 7.53. The van der Waals surface area contributed by atoms with Gasteiger partial charge in [-0.05, 0) is 24.1 Å². The average Bonchev–Trinajstić information content (AvgIpc) is 2.89. The van der Waals surface area contributed by atoms with Crippen LogP contribution >= 0.6 is 11.3 Å². The van der Waals surface area contributed by atoms with E-state index in [9.17, 15) is 4.79 Å². The summed E-state index contributed by atoms with van der Waals surface area (Å²) in [5.41, 5.74) is 7.29. The Bertz CT molecular complexity index is 563. The number of carbonyl (C=O) groups excluding carboxylic acids is 1. The van der Waals surface area contributed by atoms with E-state index in [1.165, 1.54) is 4.88 Å². The zero-order valence-electron chi connectivity index (χ0n) is 11.6. The third-order valence-corrected chi connectivity index (χ3v) is 4.16. The van der Waals surface area contributed by atoms with E-state index >= 15 is 0 Å². The minimum Gasteiger partial charge on any atom is -0.399 e. The molecule has 0 fully saturated rings. The van der Waals surface area contributed by atoms with E-state index in [2.05, 4.69) is 17.2 Å². The summed E-state index contributed by atoms with van der Waals surface area (Å²) in [5, 5.41) is 4.00. The first kappa shape index (κ1) is 14.5. The topological polar surface area (TPSA) is 68.0 Å². The molecule has 1 amide bonds. The van der Waals surface area contributed by atoms with Gasteiger partial charge in [-0.15, -0.1) is 11.3 Å². The van der Waals surface area contributed by atoms with Gasteiger partial charge in [0.1, 0.15) is 0 Å². The summed E-state index contributed by atoms with van der Waals surface area (Å²) < 4.78 is 0. The number of amides is 1. The fraction of sp³-hybridized carbons (Fsp3) is 0.333. The van der Waals surface area contributed by atoms with Crippen LogP contribution in [0.25, 0.3) is 0 Å². The third-order valence-electron chi connectivity index (χ3n) is 2.96. The Balaban J connectivity index is 1.73. The highest BCUT2D eigenvalue weighted by molar-refractivity contribution is 7.11. The zero-order chi connectivity index (χ0) is 14.4. The van der Waals surface area contributed by atoms with E-state index < -0.39 is 0 Å². The van der Waals surface area contributed by atoms with E-state index in [0.29, 0.717) is 18.7 Å². The van der Waals surface area contributed by atoms with Crippen molar-refractivity contribution in [1.29, 1.82) is 0 Å². The molecule has 106 valence electrons. The summed E-state index contributed by atoms with van der Waals surface area (Å²) >= 11 is 1.71. The van der Waals surface area contributed by atoms with Crippen molar-refractivity contribution in [2.75, 3.05) is 12.3 Å². The molecule has 5 heteroatoms. The van der Waals surface area contributed by atoms with Crippen molar-refractivity contribution in [3.8, 4) is 0 Å². The van der Waals surface area contributed by atoms with Crippen molar-refractivity contribution in [1.82, 2.24) is 10.3 Å². The maximum Gasteiger partial charge on any atom is 0.224 e. The van der Waals surface area contributed by atoms with Crippen molar-refractivity contribution in [2.24, 2.45) is 0 Å². The van der Waals surface area contributed by atoms with Crippen molar-refractivity contribution in [3.63, 3.8) is 0 Å². The number of benzene rings is 1. The van der Waals surface area contributed by atoms with Gasteiger partial charge >= 0.3 is 0 Å². The number of nitrogens with two attached hydrogens (primary N) is 1. The first-order chi connectivity index (χ1) is 9.67. The minimum atomic E-state index is 0.0297. The molecule has 0 saturated heterocycles. The van der Waals surface area contributed by atoms with Crippen LogP contribution in [0.4, 0.5) is 5.69 Å². The third kappa shape index (κ3) is 4.35. The molecule has 3 N–H and O–H groups in total. The number of hydrogen-bond acceptors (Lipinski definition) is 4. The molecule has 2 rings (SSSR count). The van der Waals surface area contributed by atoms with Crippen molar-refractivity contribution in [2.45, 2.75) is 26.2 Å². The molecule has 0 radical (unpaired) electrons. The van der Waals surface area contributed by atoms with Gasteiger partial charge in [-0.1, -0.05) is 19.1 Å². The second-order valence-corrected chi connectivity index (χ2v) is 5.79. The number of hydrogen-bond donors (Lipinski definition) is 2. The van der Waals surface area contributed by atoms with Gasteiger partial charge in [0, 0.05) is 29.7 Å². The van der Waals surface area contributed by atoms with Crippen LogP contribution in [-0.2, 0) is 24.1 Å². The van der Waals surface area contributed by atoms with E-state index in [4.69, 9.17) is 5.73 Å². The Morgan fingerprint density at radius 1 is 1.35 bits per heavy atom. The lowest BCUT2D eigenvalue weighted by molar-refractivity contribution is -0.120. The summed E-state index contributed by atoms with van der Waals surface area (Å²) in [6, 6.07) is 7.38. The van der Waals surface area contributed by atoms with Gasteiger partial charge in [0.15, 0.2) is 0 Å². The molecule has 0 unspecified atom stereocenters. The lowest BCUT2D eigenvalue weighted by atomic mass is 10.1. The highest BCUT2D eigenvalue weighted by Gasteiger charge is 2.04. The van der Waals surface area contributed by atoms with Gasteiger partial charge in [0.2, 0.25) is 5.91 Å². The molecule has 1 aromatic carbocycles. The van der Waals surface area contributed by atoms with Gasteiger partial charge in [0.25, 0.3) is 0 Å². The van der Waals surface area contributed by atoms with Gasteiger partial charge in [0.05, 0.1) is 11.4 Å². The minimum absolute atomic E-state index is 0.0297. The second-order valence-electron chi connectivity index (χ2n) is 4.59. The molecule has 0 spiro atoms. The molecule has 0 aliphatic rings. The van der Waals surface area contributed by atoms with Gasteiger partial charge in [-0.3, -0.25) is 4.79 Å². The monoisotopic (exact) mass is 289 g/mol. The summed E-state index contributed by atoms with van der Waals surface area (Å²) in [5.74, 6) is 0.0297. The number of carbonyl (C=O) groups is 1. The van der Waals surface area contributed by atoms with Crippen molar-refractivity contribution < 1.29 is 4.79 Å². The van der Waals surface area contributed by atoms with Crippen LogP contribution in [0.3, 0.4) is 0 Å². The highest BCUT2D eigenvalue weighted by atomic mass is 32.1. The van der Waals surface area contributed by atoms with Crippen LogP contribution in [0.2, 0.25) is 0 Å². The van der Waals surface area contributed by atoms with E-state index in [-0.39, 0.29) is 5.91 Å². The standard InChI is InChI=1S/C15H19N3OS/c1-2-13-10-18-15(20-13)7-8-17-14(19)9-11-3-5-12(16)6-4-11/h3-6,10H,2,7-9,16H2,1H3,(H,17,19). The fourth-order valence-corrected chi connectivity index (χ4v) is 2.68. The maximum absolute atomic E-state index is 11.8. The van der Waals surface area contributed by atoms with Crippen LogP contribution in [0.1, 0.15) is 22.4 Å². The predicted molar refractivity (Wildman–Crippen MR) is 82.8 cm³/mol. The number of nitrogens with zero attached hydrogens (tertiary/aromatic N) is 1. The Morgan fingerprint density at radius 3 is 2.75 bits per heavy atom. The zero-order valence-corrected chi connectivity index (χ0v) is 12.4. The van der Waals surface area contributed by atoms with Crippen LogP contribution in [-0.4, -0.2) is 17.4 Å². The fourth-order valence-electron chi connectivity index (χ4n) is 1.82. The van der Waals surface area contributed by atoms with E-state index in [1.54, 1.807) is 11.3 Å². The molecular formula is C15H19N3OS. The van der Waals surface area contributed by atoms with Gasteiger partial charge in [-0.25, -0.2) is 4.98 Å². The first-order valence-electron chi connectivity index (χ1n) is 6.72. The summed E-state index contributed by atoms with van der Waals surface area (Å²) in [6.45, 7) is 2.75. The Morgan fingerprint density at radius 2 is 2.10 bits per heavy atom. The highest BCUT2D eigenvalue weighted by Crippen LogP contribution is 2.13. The van der Waals surface area contributed by atoms with Crippen LogP contribution in [0, 0.1) is 0 Å². The van der Waals surface area contributed by atoms with E-state index in [1.807, 2.05) is 30.5 Å². The Kier molecular flexibility index (Phi) is 5.12. The molecule has 1 heterocycles. The lowest BCUT2D eigenvalue weighted by Crippen LogP contribution is -2.27. The van der Waals surface area contributed by atoms with Crippen LogP contribution in [0.15, 0.2) is 30.5 Å². The van der Waals surface area contributed by atoms with E-state index in [0.717, 1.165) is 23.4 Å². The molecule has 0 atom stereocenters.